The van der Waals surface area contributed by atoms with Crippen molar-refractivity contribution in [3.8, 4) is 0 Å². The lowest BCUT2D eigenvalue weighted by atomic mass is 10.3. The monoisotopic (exact) mass is 278 g/mol. The summed E-state index contributed by atoms with van der Waals surface area (Å²) in [6, 6.07) is 0. The first-order valence-electron chi connectivity index (χ1n) is 5.69. The molecule has 0 aromatic rings. The summed E-state index contributed by atoms with van der Waals surface area (Å²) < 4.78 is 0. The molecule has 4 amide bonds. The van der Waals surface area contributed by atoms with E-state index in [4.69, 9.17) is 0 Å². The molecule has 0 unspecified atom stereocenters. The first-order valence-corrected chi connectivity index (χ1v) is 5.69. The van der Waals surface area contributed by atoms with E-state index in [1.54, 1.807) is 0 Å². The van der Waals surface area contributed by atoms with Crippen LogP contribution in [0.25, 0.3) is 0 Å². The highest BCUT2D eigenvalue weighted by Crippen LogP contribution is 2.14. The maximum atomic E-state index is 11.7. The van der Waals surface area contributed by atoms with Gasteiger partial charge in [-0.25, -0.2) is 4.79 Å². The van der Waals surface area contributed by atoms with Crippen LogP contribution in [0.5, 0.6) is 0 Å². The number of hydroxylamine groups is 2. The normalized spacial score (nSPS) is 18.2. The zero-order valence-electron chi connectivity index (χ0n) is 10.3. The van der Waals surface area contributed by atoms with Gasteiger partial charge in [0, 0.05) is 25.0 Å². The van der Waals surface area contributed by atoms with Crippen molar-refractivity contribution in [1.82, 2.24) is 9.96 Å². The largest absolute Gasteiger partial charge is 0.361 e. The van der Waals surface area contributed by atoms with Gasteiger partial charge < -0.3 is 4.84 Å². The molecule has 1 fully saturated rings. The highest BCUT2D eigenvalue weighted by atomic mass is 16.7. The van der Waals surface area contributed by atoms with E-state index < -0.39 is 29.6 Å². The number of hydrogen-bond acceptors (Lipinski definition) is 6. The Morgan fingerprint density at radius 3 is 2.10 bits per heavy atom. The van der Waals surface area contributed by atoms with E-state index in [1.165, 1.54) is 0 Å². The van der Waals surface area contributed by atoms with E-state index >= 15 is 0 Å². The number of rotatable bonds is 4. The van der Waals surface area contributed by atoms with Crippen molar-refractivity contribution in [2.24, 2.45) is 0 Å². The molecule has 1 saturated heterocycles. The van der Waals surface area contributed by atoms with Gasteiger partial charge in [0.2, 0.25) is 0 Å². The van der Waals surface area contributed by atoms with Crippen LogP contribution < -0.4 is 0 Å². The van der Waals surface area contributed by atoms with Crippen LogP contribution in [0.2, 0.25) is 0 Å². The van der Waals surface area contributed by atoms with Gasteiger partial charge in [-0.15, -0.1) is 5.06 Å². The average Bonchev–Trinajstić information content (AvgIpc) is 2.88. The van der Waals surface area contributed by atoms with Crippen LogP contribution in [0.1, 0.15) is 12.8 Å². The summed E-state index contributed by atoms with van der Waals surface area (Å²) in [4.78, 5) is 62.2. The quantitative estimate of drug-likeness (QED) is 0.486. The number of carbonyl (C=O) groups is 5. The Bertz CT molecular complexity index is 528. The molecule has 8 nitrogen and oxygen atoms in total. The molecule has 0 saturated carbocycles. The Labute approximate surface area is 113 Å². The van der Waals surface area contributed by atoms with Crippen LogP contribution >= 0.6 is 0 Å². The molecule has 2 aliphatic rings. The minimum absolute atomic E-state index is 0.0222. The molecule has 8 heteroatoms. The highest BCUT2D eigenvalue weighted by Gasteiger charge is 2.34. The Kier molecular flexibility index (Phi) is 3.47. The molecule has 0 spiro atoms. The fourth-order valence-corrected chi connectivity index (χ4v) is 1.65. The van der Waals surface area contributed by atoms with Crippen LogP contribution in [-0.2, 0) is 28.8 Å². The molecule has 2 aliphatic heterocycles. The predicted octanol–water partition coefficient (Wildman–Crippen LogP) is -0.925. The van der Waals surface area contributed by atoms with Gasteiger partial charge in [-0.05, 0) is 0 Å². The van der Waals surface area contributed by atoms with E-state index in [0.717, 1.165) is 17.1 Å². The summed E-state index contributed by atoms with van der Waals surface area (Å²) in [5.74, 6) is -3.42. The second-order valence-corrected chi connectivity index (χ2v) is 4.16. The Morgan fingerprint density at radius 1 is 1.10 bits per heavy atom. The highest BCUT2D eigenvalue weighted by molar-refractivity contribution is 6.13. The lowest BCUT2D eigenvalue weighted by Gasteiger charge is -2.17. The molecule has 0 N–H and O–H groups in total. The zero-order chi connectivity index (χ0) is 14.9. The van der Waals surface area contributed by atoms with Crippen LogP contribution in [-0.4, -0.2) is 46.1 Å². The van der Waals surface area contributed by atoms with Gasteiger partial charge in [-0.2, -0.15) is 0 Å². The average molecular weight is 278 g/mol. The van der Waals surface area contributed by atoms with Crippen molar-refractivity contribution in [3.05, 3.63) is 24.3 Å². The van der Waals surface area contributed by atoms with E-state index in [0.29, 0.717) is 5.06 Å². The van der Waals surface area contributed by atoms with Crippen LogP contribution in [0, 0.1) is 0 Å². The van der Waals surface area contributed by atoms with Crippen LogP contribution in [0.3, 0.4) is 0 Å². The number of carbonyl (C=O) groups excluding carboxylic acids is 5. The van der Waals surface area contributed by atoms with Crippen LogP contribution in [0.4, 0.5) is 0 Å². The third-order valence-corrected chi connectivity index (χ3v) is 2.72. The number of imide groups is 2. The number of amides is 4. The van der Waals surface area contributed by atoms with Gasteiger partial charge >= 0.3 is 5.97 Å². The maximum absolute atomic E-state index is 11.7. The lowest BCUT2D eigenvalue weighted by molar-refractivity contribution is -0.194. The summed E-state index contributed by atoms with van der Waals surface area (Å²) in [5.41, 5.74) is -0.220. The molecule has 0 atom stereocenters. The second-order valence-electron chi connectivity index (χ2n) is 4.16. The van der Waals surface area contributed by atoms with Gasteiger partial charge in [0.25, 0.3) is 23.6 Å². The Morgan fingerprint density at radius 2 is 1.60 bits per heavy atom. The van der Waals surface area contributed by atoms with Gasteiger partial charge in [0.15, 0.2) is 0 Å². The molecule has 2 rings (SSSR count). The molecule has 0 aliphatic carbocycles. The van der Waals surface area contributed by atoms with Gasteiger partial charge in [-0.1, -0.05) is 6.58 Å². The lowest BCUT2D eigenvalue weighted by Crippen LogP contribution is -2.37. The van der Waals surface area contributed by atoms with Gasteiger partial charge in [0.1, 0.15) is 0 Å². The fourth-order valence-electron chi connectivity index (χ4n) is 1.65. The fraction of sp³-hybridized carbons (Fsp3) is 0.250. The summed E-state index contributed by atoms with van der Waals surface area (Å²) in [5, 5.41) is 0.374. The molecule has 0 radical (unpaired) electrons. The van der Waals surface area contributed by atoms with E-state index in [2.05, 4.69) is 11.4 Å². The second kappa shape index (κ2) is 5.08. The SMILES string of the molecule is C=C(CN1C(=O)C=CC1=O)C(=O)ON1C(=O)CCC1=O. The standard InChI is InChI=1S/C12H10N2O6/c1-7(6-13-8(15)2-3-9(13)16)12(19)20-14-10(17)4-5-11(14)18/h2-3H,1,4-6H2. The van der Waals surface area contributed by atoms with Crippen LogP contribution in [0.15, 0.2) is 24.3 Å². The van der Waals surface area contributed by atoms with Crippen molar-refractivity contribution in [3.63, 3.8) is 0 Å². The minimum atomic E-state index is -1.04. The minimum Gasteiger partial charge on any atom is -0.325 e. The molecule has 104 valence electrons. The van der Waals surface area contributed by atoms with E-state index in [1.807, 2.05) is 0 Å². The Balaban J connectivity index is 1.94. The molecule has 0 aromatic heterocycles. The molecule has 20 heavy (non-hydrogen) atoms. The van der Waals surface area contributed by atoms with Crippen molar-refractivity contribution in [2.45, 2.75) is 12.8 Å². The number of hydrogen-bond donors (Lipinski definition) is 0. The molecule has 0 bridgehead atoms. The first-order chi connectivity index (χ1) is 9.40. The van der Waals surface area contributed by atoms with Crippen molar-refractivity contribution >= 4 is 29.6 Å². The molecular weight excluding hydrogens is 268 g/mol. The van der Waals surface area contributed by atoms with Crippen molar-refractivity contribution < 1.29 is 28.8 Å². The first kappa shape index (κ1) is 13.7. The van der Waals surface area contributed by atoms with Crippen molar-refractivity contribution in [2.75, 3.05) is 6.54 Å². The third kappa shape index (κ3) is 2.48. The molecular formula is C12H10N2O6. The smallest absolute Gasteiger partial charge is 0.325 e. The topological polar surface area (TPSA) is 101 Å². The summed E-state index contributed by atoms with van der Waals surface area (Å²) in [6.07, 6.45) is 2.08. The van der Waals surface area contributed by atoms with Gasteiger partial charge in [-0.3, -0.25) is 24.1 Å². The summed E-state index contributed by atoms with van der Waals surface area (Å²) in [7, 11) is 0. The molecule has 0 aromatic carbocycles. The Hall–Kier alpha value is -2.77. The van der Waals surface area contributed by atoms with E-state index in [-0.39, 0.29) is 25.0 Å². The summed E-state index contributed by atoms with van der Waals surface area (Å²) >= 11 is 0. The molecule has 2 heterocycles. The zero-order valence-corrected chi connectivity index (χ0v) is 10.3. The van der Waals surface area contributed by atoms with E-state index in [9.17, 15) is 24.0 Å². The predicted molar refractivity (Wildman–Crippen MR) is 62.2 cm³/mol. The number of nitrogens with zero attached hydrogens (tertiary/aromatic N) is 2. The van der Waals surface area contributed by atoms with Gasteiger partial charge in [0.05, 0.1) is 12.1 Å². The maximum Gasteiger partial charge on any atom is 0.361 e. The third-order valence-electron chi connectivity index (χ3n) is 2.72. The van der Waals surface area contributed by atoms with Crippen molar-refractivity contribution in [1.29, 1.82) is 0 Å². The summed E-state index contributed by atoms with van der Waals surface area (Å²) in [6.45, 7) is 3.02.